The van der Waals surface area contributed by atoms with Crippen LogP contribution in [-0.4, -0.2) is 4.98 Å². The maximum Gasteiger partial charge on any atom is 0.151 e. The number of nitrogen functional groups attached to an aromatic ring is 1. The van der Waals surface area contributed by atoms with Crippen LogP contribution in [-0.2, 0) is 0 Å². The fourth-order valence-electron chi connectivity index (χ4n) is 1.27. The van der Waals surface area contributed by atoms with E-state index in [4.69, 9.17) is 5.73 Å². The molecule has 0 bridgehead atoms. The summed E-state index contributed by atoms with van der Waals surface area (Å²) in [4.78, 5) is 3.86. The average Bonchev–Trinajstić information content (AvgIpc) is 2.20. The number of anilines is 1. The molecule has 0 aliphatic carbocycles. The predicted molar refractivity (Wildman–Crippen MR) is 54.0 cm³/mol. The zero-order chi connectivity index (χ0) is 10.8. The van der Waals surface area contributed by atoms with Gasteiger partial charge in [-0.05, 0) is 24.3 Å². The molecule has 4 heteroatoms. The van der Waals surface area contributed by atoms with E-state index in [1.54, 1.807) is 0 Å². The number of halogens is 2. The van der Waals surface area contributed by atoms with Gasteiger partial charge >= 0.3 is 0 Å². The Balaban J connectivity index is 2.49. The van der Waals surface area contributed by atoms with Crippen molar-refractivity contribution in [3.63, 3.8) is 0 Å². The highest BCUT2D eigenvalue weighted by Gasteiger charge is 2.06. The molecule has 15 heavy (non-hydrogen) atoms. The monoisotopic (exact) mass is 206 g/mol. The van der Waals surface area contributed by atoms with Crippen LogP contribution in [0.4, 0.5) is 14.5 Å². The molecule has 1 aromatic heterocycles. The fourth-order valence-corrected chi connectivity index (χ4v) is 1.27. The van der Waals surface area contributed by atoms with Crippen molar-refractivity contribution in [2.24, 2.45) is 0 Å². The van der Waals surface area contributed by atoms with E-state index in [-0.39, 0.29) is 17.2 Å². The van der Waals surface area contributed by atoms with Gasteiger partial charge in [-0.2, -0.15) is 0 Å². The molecule has 0 atom stereocenters. The smallest absolute Gasteiger partial charge is 0.151 e. The van der Waals surface area contributed by atoms with Gasteiger partial charge in [0.1, 0.15) is 11.5 Å². The zero-order valence-corrected chi connectivity index (χ0v) is 7.74. The van der Waals surface area contributed by atoms with Crippen molar-refractivity contribution >= 4 is 5.69 Å². The number of aromatic nitrogens is 1. The molecular formula is C11H8F2N2. The Morgan fingerprint density at radius 3 is 2.33 bits per heavy atom. The van der Waals surface area contributed by atoms with Crippen LogP contribution in [0, 0.1) is 11.6 Å². The molecule has 2 N–H and O–H groups in total. The lowest BCUT2D eigenvalue weighted by molar-refractivity contribution is 0.623. The van der Waals surface area contributed by atoms with Gasteiger partial charge in [0.05, 0.1) is 11.9 Å². The van der Waals surface area contributed by atoms with Crippen molar-refractivity contribution < 1.29 is 8.78 Å². The van der Waals surface area contributed by atoms with E-state index in [1.807, 2.05) is 0 Å². The summed E-state index contributed by atoms with van der Waals surface area (Å²) in [6.07, 6.45) is 1.36. The molecule has 0 radical (unpaired) electrons. The number of pyridine rings is 1. The van der Waals surface area contributed by atoms with Gasteiger partial charge < -0.3 is 5.73 Å². The van der Waals surface area contributed by atoms with Crippen LogP contribution in [0.2, 0.25) is 0 Å². The minimum Gasteiger partial charge on any atom is -0.397 e. The van der Waals surface area contributed by atoms with E-state index in [0.717, 1.165) is 0 Å². The fraction of sp³-hybridized carbons (Fsp3) is 0. The SMILES string of the molecule is Nc1cnc(-c2ccc(F)cc2)c(F)c1. The van der Waals surface area contributed by atoms with Crippen molar-refractivity contribution in [2.45, 2.75) is 0 Å². The van der Waals surface area contributed by atoms with Gasteiger partial charge in [-0.3, -0.25) is 4.98 Å². The molecule has 0 aliphatic rings. The quantitative estimate of drug-likeness (QED) is 0.778. The van der Waals surface area contributed by atoms with Crippen LogP contribution in [0.1, 0.15) is 0 Å². The summed E-state index contributed by atoms with van der Waals surface area (Å²) < 4.78 is 26.0. The Labute approximate surface area is 85.4 Å². The predicted octanol–water partition coefficient (Wildman–Crippen LogP) is 2.61. The number of nitrogens with two attached hydrogens (primary N) is 1. The van der Waals surface area contributed by atoms with Gasteiger partial charge in [-0.15, -0.1) is 0 Å². The summed E-state index contributed by atoms with van der Waals surface area (Å²) in [6.45, 7) is 0. The first-order valence-corrected chi connectivity index (χ1v) is 4.34. The van der Waals surface area contributed by atoms with Gasteiger partial charge in [0.25, 0.3) is 0 Å². The van der Waals surface area contributed by atoms with Crippen LogP contribution in [0.15, 0.2) is 36.5 Å². The molecule has 0 amide bonds. The minimum absolute atomic E-state index is 0.171. The molecule has 0 aliphatic heterocycles. The standard InChI is InChI=1S/C11H8F2N2/c12-8-3-1-7(2-4-8)11-10(13)5-9(14)6-15-11/h1-6H,14H2. The molecule has 0 spiro atoms. The Morgan fingerprint density at radius 1 is 1.07 bits per heavy atom. The lowest BCUT2D eigenvalue weighted by Crippen LogP contribution is -1.93. The van der Waals surface area contributed by atoms with E-state index in [2.05, 4.69) is 4.98 Å². The third kappa shape index (κ3) is 1.93. The highest BCUT2D eigenvalue weighted by atomic mass is 19.1. The van der Waals surface area contributed by atoms with Crippen LogP contribution in [0.3, 0.4) is 0 Å². The molecule has 1 heterocycles. The van der Waals surface area contributed by atoms with Crippen molar-refractivity contribution in [3.05, 3.63) is 48.2 Å². The summed E-state index contributed by atoms with van der Waals surface area (Å²) in [6, 6.07) is 6.64. The zero-order valence-electron chi connectivity index (χ0n) is 7.74. The molecule has 0 saturated heterocycles. The average molecular weight is 206 g/mol. The third-order valence-corrected chi connectivity index (χ3v) is 1.98. The highest BCUT2D eigenvalue weighted by molar-refractivity contribution is 5.61. The van der Waals surface area contributed by atoms with Crippen molar-refractivity contribution in [1.82, 2.24) is 4.98 Å². The number of rotatable bonds is 1. The van der Waals surface area contributed by atoms with E-state index in [9.17, 15) is 8.78 Å². The highest BCUT2D eigenvalue weighted by Crippen LogP contribution is 2.21. The van der Waals surface area contributed by atoms with Gasteiger partial charge in [-0.1, -0.05) is 0 Å². The third-order valence-electron chi connectivity index (χ3n) is 1.98. The number of hydrogen-bond acceptors (Lipinski definition) is 2. The number of nitrogens with zero attached hydrogens (tertiary/aromatic N) is 1. The second-order valence-electron chi connectivity index (χ2n) is 3.11. The number of benzene rings is 1. The molecule has 0 saturated carbocycles. The lowest BCUT2D eigenvalue weighted by atomic mass is 10.1. The van der Waals surface area contributed by atoms with Gasteiger partial charge in [0.15, 0.2) is 5.82 Å². The van der Waals surface area contributed by atoms with E-state index < -0.39 is 5.82 Å². The summed E-state index contributed by atoms with van der Waals surface area (Å²) in [5.41, 5.74) is 6.32. The Bertz CT molecular complexity index is 480. The van der Waals surface area contributed by atoms with Crippen molar-refractivity contribution in [1.29, 1.82) is 0 Å². The molecule has 2 aromatic rings. The Hall–Kier alpha value is -1.97. The van der Waals surface area contributed by atoms with Crippen LogP contribution in [0.5, 0.6) is 0 Å². The maximum atomic E-state index is 13.4. The number of hydrogen-bond donors (Lipinski definition) is 1. The molecule has 0 unspecified atom stereocenters. The summed E-state index contributed by atoms with van der Waals surface area (Å²) >= 11 is 0. The van der Waals surface area contributed by atoms with Gasteiger partial charge in [0, 0.05) is 11.6 Å². The minimum atomic E-state index is -0.512. The second kappa shape index (κ2) is 3.65. The van der Waals surface area contributed by atoms with Crippen molar-refractivity contribution in [2.75, 3.05) is 5.73 Å². The largest absolute Gasteiger partial charge is 0.397 e. The molecule has 1 aromatic carbocycles. The van der Waals surface area contributed by atoms with Gasteiger partial charge in [-0.25, -0.2) is 8.78 Å². The maximum absolute atomic E-state index is 13.4. The van der Waals surface area contributed by atoms with E-state index in [0.29, 0.717) is 5.56 Å². The second-order valence-corrected chi connectivity index (χ2v) is 3.11. The molecule has 0 fully saturated rings. The first-order chi connectivity index (χ1) is 7.16. The molecule has 76 valence electrons. The van der Waals surface area contributed by atoms with E-state index in [1.165, 1.54) is 36.5 Å². The van der Waals surface area contributed by atoms with E-state index >= 15 is 0 Å². The Kier molecular flexibility index (Phi) is 2.33. The Morgan fingerprint density at radius 2 is 1.73 bits per heavy atom. The van der Waals surface area contributed by atoms with Crippen LogP contribution in [0.25, 0.3) is 11.3 Å². The first kappa shape index (κ1) is 9.58. The lowest BCUT2D eigenvalue weighted by Gasteiger charge is -2.02. The first-order valence-electron chi connectivity index (χ1n) is 4.34. The topological polar surface area (TPSA) is 38.9 Å². The molecular weight excluding hydrogens is 198 g/mol. The van der Waals surface area contributed by atoms with Crippen molar-refractivity contribution in [3.8, 4) is 11.3 Å². The normalized spacial score (nSPS) is 10.3. The summed E-state index contributed by atoms with van der Waals surface area (Å²) in [5, 5.41) is 0. The van der Waals surface area contributed by atoms with Crippen LogP contribution >= 0.6 is 0 Å². The molecule has 2 nitrogen and oxygen atoms in total. The molecule has 2 rings (SSSR count). The van der Waals surface area contributed by atoms with Gasteiger partial charge in [0.2, 0.25) is 0 Å². The summed E-state index contributed by atoms with van der Waals surface area (Å²) in [7, 11) is 0. The summed E-state index contributed by atoms with van der Waals surface area (Å²) in [5.74, 6) is -0.879. The van der Waals surface area contributed by atoms with Crippen LogP contribution < -0.4 is 5.73 Å².